The first kappa shape index (κ1) is 14.6. The Morgan fingerprint density at radius 2 is 2.05 bits per heavy atom. The topological polar surface area (TPSA) is 50.2 Å². The van der Waals surface area contributed by atoms with Crippen LogP contribution in [0.1, 0.15) is 48.8 Å². The van der Waals surface area contributed by atoms with Crippen molar-refractivity contribution in [2.75, 3.05) is 19.6 Å². The fraction of sp³-hybridized carbons (Fsp3) is 0.750. The van der Waals surface area contributed by atoms with Crippen LogP contribution in [0.25, 0.3) is 0 Å². The number of aryl methyl sites for hydroxylation is 2. The number of hydrogen-bond acceptors (Lipinski definition) is 3. The Bertz CT molecular complexity index is 498. The number of amides is 1. The molecule has 116 valence electrons. The largest absolute Gasteiger partial charge is 0.337 e. The summed E-state index contributed by atoms with van der Waals surface area (Å²) < 4.78 is 1.72. The van der Waals surface area contributed by atoms with E-state index >= 15 is 0 Å². The first-order valence-corrected chi connectivity index (χ1v) is 8.23. The van der Waals surface area contributed by atoms with Crippen LogP contribution in [0.3, 0.4) is 0 Å². The highest BCUT2D eigenvalue weighted by molar-refractivity contribution is 5.92. The van der Waals surface area contributed by atoms with Gasteiger partial charge < -0.3 is 10.2 Å². The Kier molecular flexibility index (Phi) is 4.29. The summed E-state index contributed by atoms with van der Waals surface area (Å²) in [6.45, 7) is 4.94. The second-order valence-corrected chi connectivity index (χ2v) is 6.42. The Hall–Kier alpha value is -1.36. The van der Waals surface area contributed by atoms with Crippen molar-refractivity contribution in [3.8, 4) is 0 Å². The molecule has 2 heterocycles. The monoisotopic (exact) mass is 290 g/mol. The van der Waals surface area contributed by atoms with Gasteiger partial charge in [0.25, 0.3) is 5.91 Å². The first-order valence-electron chi connectivity index (χ1n) is 8.23. The van der Waals surface area contributed by atoms with Gasteiger partial charge in [0.1, 0.15) is 5.69 Å². The Morgan fingerprint density at radius 1 is 1.33 bits per heavy atom. The fourth-order valence-corrected chi connectivity index (χ4v) is 3.00. The van der Waals surface area contributed by atoms with E-state index in [1.807, 2.05) is 18.0 Å². The molecule has 1 aromatic heterocycles. The van der Waals surface area contributed by atoms with Crippen LogP contribution in [0.15, 0.2) is 6.07 Å². The number of nitrogens with zero attached hydrogens (tertiary/aromatic N) is 3. The van der Waals surface area contributed by atoms with E-state index in [2.05, 4.69) is 17.3 Å². The average molecular weight is 290 g/mol. The van der Waals surface area contributed by atoms with Crippen molar-refractivity contribution in [1.29, 1.82) is 0 Å². The number of nitrogens with one attached hydrogen (secondary N) is 1. The Morgan fingerprint density at radius 3 is 2.62 bits per heavy atom. The van der Waals surface area contributed by atoms with E-state index in [9.17, 15) is 4.79 Å². The summed E-state index contributed by atoms with van der Waals surface area (Å²) in [5.41, 5.74) is 1.71. The first-order chi connectivity index (χ1) is 10.2. The minimum Gasteiger partial charge on any atom is -0.337 e. The molecule has 1 amide bonds. The van der Waals surface area contributed by atoms with Gasteiger partial charge in [0, 0.05) is 26.2 Å². The Balaban J connectivity index is 1.52. The highest BCUT2D eigenvalue weighted by Gasteiger charge is 2.27. The highest BCUT2D eigenvalue weighted by atomic mass is 16.2. The van der Waals surface area contributed by atoms with Gasteiger partial charge in [-0.05, 0) is 50.6 Å². The number of aromatic nitrogens is 2. The summed E-state index contributed by atoms with van der Waals surface area (Å²) >= 11 is 0. The molecule has 5 nitrogen and oxygen atoms in total. The smallest absolute Gasteiger partial charge is 0.272 e. The SMILES string of the molecule is CCc1cc(C(=O)N2CCC(NCC3CC3)CC2)n(C)n1. The molecule has 2 aliphatic rings. The number of rotatable bonds is 5. The van der Waals surface area contributed by atoms with Crippen molar-refractivity contribution < 1.29 is 4.79 Å². The van der Waals surface area contributed by atoms with Crippen LogP contribution in [-0.2, 0) is 13.5 Å². The van der Waals surface area contributed by atoms with Gasteiger partial charge in [0.2, 0.25) is 0 Å². The third kappa shape index (κ3) is 3.46. The van der Waals surface area contributed by atoms with E-state index in [1.54, 1.807) is 4.68 Å². The lowest BCUT2D eigenvalue weighted by molar-refractivity contribution is 0.0694. The van der Waals surface area contributed by atoms with Crippen LogP contribution < -0.4 is 5.32 Å². The minimum atomic E-state index is 0.130. The molecule has 0 unspecified atom stereocenters. The van der Waals surface area contributed by atoms with Crippen LogP contribution in [-0.4, -0.2) is 46.3 Å². The molecule has 1 saturated heterocycles. The quantitative estimate of drug-likeness (QED) is 0.896. The normalized spacial score (nSPS) is 20.0. The number of hydrogen-bond donors (Lipinski definition) is 1. The number of likely N-dealkylation sites (tertiary alicyclic amines) is 1. The maximum Gasteiger partial charge on any atom is 0.272 e. The standard InChI is InChI=1S/C16H26N4O/c1-3-13-10-15(19(2)18-13)16(21)20-8-6-14(7-9-20)17-11-12-4-5-12/h10,12,14,17H,3-9,11H2,1-2H3. The molecule has 21 heavy (non-hydrogen) atoms. The van der Waals surface area contributed by atoms with Crippen LogP contribution in [0.5, 0.6) is 0 Å². The van der Waals surface area contributed by atoms with E-state index in [4.69, 9.17) is 0 Å². The summed E-state index contributed by atoms with van der Waals surface area (Å²) in [5.74, 6) is 1.05. The van der Waals surface area contributed by atoms with Gasteiger partial charge in [-0.15, -0.1) is 0 Å². The van der Waals surface area contributed by atoms with E-state index in [0.29, 0.717) is 6.04 Å². The predicted molar refractivity (Wildman–Crippen MR) is 82.2 cm³/mol. The fourth-order valence-electron chi connectivity index (χ4n) is 3.00. The average Bonchev–Trinajstić information content (AvgIpc) is 3.26. The van der Waals surface area contributed by atoms with E-state index < -0.39 is 0 Å². The molecular weight excluding hydrogens is 264 g/mol. The lowest BCUT2D eigenvalue weighted by Gasteiger charge is -2.32. The number of carbonyl (C=O) groups is 1. The molecule has 5 heteroatoms. The van der Waals surface area contributed by atoms with Crippen LogP contribution >= 0.6 is 0 Å². The van der Waals surface area contributed by atoms with Gasteiger partial charge in [-0.3, -0.25) is 9.48 Å². The molecule has 1 aliphatic heterocycles. The second kappa shape index (κ2) is 6.18. The molecule has 0 bridgehead atoms. The summed E-state index contributed by atoms with van der Waals surface area (Å²) in [4.78, 5) is 14.6. The lowest BCUT2D eigenvalue weighted by Crippen LogP contribution is -2.45. The van der Waals surface area contributed by atoms with Gasteiger partial charge in [-0.25, -0.2) is 0 Å². The summed E-state index contributed by atoms with van der Waals surface area (Å²) in [7, 11) is 1.86. The third-order valence-corrected chi connectivity index (χ3v) is 4.69. The highest BCUT2D eigenvalue weighted by Crippen LogP contribution is 2.28. The van der Waals surface area contributed by atoms with Crippen molar-refractivity contribution in [3.05, 3.63) is 17.5 Å². The minimum absolute atomic E-state index is 0.130. The molecule has 0 spiro atoms. The molecule has 1 aromatic rings. The molecule has 1 saturated carbocycles. The summed E-state index contributed by atoms with van der Waals surface area (Å²) in [6.07, 6.45) is 5.79. The maximum atomic E-state index is 12.6. The maximum absolute atomic E-state index is 12.6. The zero-order valence-corrected chi connectivity index (χ0v) is 13.1. The van der Waals surface area contributed by atoms with Gasteiger partial charge in [0.05, 0.1) is 5.69 Å². The number of piperidine rings is 1. The van der Waals surface area contributed by atoms with Gasteiger partial charge in [0.15, 0.2) is 0 Å². The summed E-state index contributed by atoms with van der Waals surface area (Å²) in [5, 5.41) is 8.02. The zero-order chi connectivity index (χ0) is 14.8. The molecule has 0 radical (unpaired) electrons. The van der Waals surface area contributed by atoms with Crippen LogP contribution in [0.2, 0.25) is 0 Å². The Labute approximate surface area is 126 Å². The van der Waals surface area contributed by atoms with Crippen LogP contribution in [0.4, 0.5) is 0 Å². The third-order valence-electron chi connectivity index (χ3n) is 4.69. The van der Waals surface area contributed by atoms with E-state index in [-0.39, 0.29) is 5.91 Å². The summed E-state index contributed by atoms with van der Waals surface area (Å²) in [6, 6.07) is 2.52. The van der Waals surface area contributed by atoms with E-state index in [1.165, 1.54) is 19.4 Å². The van der Waals surface area contributed by atoms with Gasteiger partial charge >= 0.3 is 0 Å². The molecule has 2 fully saturated rings. The molecular formula is C16H26N4O. The van der Waals surface area contributed by atoms with Crippen molar-refractivity contribution in [2.45, 2.75) is 45.1 Å². The second-order valence-electron chi connectivity index (χ2n) is 6.42. The molecule has 0 atom stereocenters. The number of carbonyl (C=O) groups excluding carboxylic acids is 1. The van der Waals surface area contributed by atoms with Crippen LogP contribution in [0, 0.1) is 5.92 Å². The lowest BCUT2D eigenvalue weighted by atomic mass is 10.0. The molecule has 1 N–H and O–H groups in total. The predicted octanol–water partition coefficient (Wildman–Crippen LogP) is 1.59. The molecule has 0 aromatic carbocycles. The van der Waals surface area contributed by atoms with Crippen molar-refractivity contribution >= 4 is 5.91 Å². The van der Waals surface area contributed by atoms with Crippen molar-refractivity contribution in [2.24, 2.45) is 13.0 Å². The van der Waals surface area contributed by atoms with Crippen molar-refractivity contribution in [1.82, 2.24) is 20.0 Å². The van der Waals surface area contributed by atoms with Gasteiger partial charge in [-0.2, -0.15) is 5.10 Å². The molecule has 1 aliphatic carbocycles. The molecule has 3 rings (SSSR count). The van der Waals surface area contributed by atoms with Crippen molar-refractivity contribution in [3.63, 3.8) is 0 Å². The van der Waals surface area contributed by atoms with Gasteiger partial charge in [-0.1, -0.05) is 6.92 Å². The zero-order valence-electron chi connectivity index (χ0n) is 13.1. The van der Waals surface area contributed by atoms with E-state index in [0.717, 1.165) is 49.7 Å².